The predicted molar refractivity (Wildman–Crippen MR) is 199 cm³/mol. The molecule has 1 atom stereocenters. The van der Waals surface area contributed by atoms with E-state index < -0.39 is 24.4 Å². The highest BCUT2D eigenvalue weighted by Gasteiger charge is 2.36. The van der Waals surface area contributed by atoms with E-state index >= 15 is 0 Å². The van der Waals surface area contributed by atoms with E-state index in [1.54, 1.807) is 6.07 Å². The number of nitrogens with zero attached hydrogens (tertiary/aromatic N) is 4. The number of esters is 1. The highest BCUT2D eigenvalue weighted by atomic mass is 19.4. The number of carbonyl (C=O) groups excluding carboxylic acids is 1. The lowest BCUT2D eigenvalue weighted by Crippen LogP contribution is -2.36. The molecule has 0 saturated carbocycles. The third kappa shape index (κ3) is 7.23. The zero-order chi connectivity index (χ0) is 39.3. The van der Waals surface area contributed by atoms with E-state index in [0.29, 0.717) is 40.7 Å². The first-order chi connectivity index (χ1) is 26.9. The van der Waals surface area contributed by atoms with Crippen LogP contribution in [-0.4, -0.2) is 65.1 Å². The number of carbonyl (C=O) groups is 1. The molecule has 6 aromatic rings. The lowest BCUT2D eigenvalue weighted by molar-refractivity contribution is -0.146. The summed E-state index contributed by atoms with van der Waals surface area (Å²) in [6.45, 7) is 3.22. The molecule has 2 saturated heterocycles. The van der Waals surface area contributed by atoms with Crippen molar-refractivity contribution in [3.8, 4) is 39.8 Å². The zero-order valence-electron chi connectivity index (χ0n) is 31.0. The average Bonchev–Trinajstić information content (AvgIpc) is 3.98. The molecule has 2 aromatic heterocycles. The molecular weight excluding hydrogens is 735 g/mol. The van der Waals surface area contributed by atoms with Crippen molar-refractivity contribution in [1.82, 2.24) is 19.8 Å². The fraction of sp³-hybridized carbons (Fsp3) is 0.357. The fourth-order valence-corrected chi connectivity index (χ4v) is 8.11. The van der Waals surface area contributed by atoms with Crippen molar-refractivity contribution >= 4 is 28.2 Å². The number of aromatic nitrogens is 2. The van der Waals surface area contributed by atoms with Gasteiger partial charge in [0, 0.05) is 35.8 Å². The monoisotopic (exact) mass is 774 g/mol. The maximum absolute atomic E-state index is 14.2. The van der Waals surface area contributed by atoms with E-state index in [2.05, 4.69) is 4.98 Å². The summed E-state index contributed by atoms with van der Waals surface area (Å²) in [6, 6.07) is 16.4. The van der Waals surface area contributed by atoms with Crippen molar-refractivity contribution < 1.29 is 45.1 Å². The molecule has 2 aliphatic heterocycles. The summed E-state index contributed by atoms with van der Waals surface area (Å²) in [7, 11) is 1.32. The van der Waals surface area contributed by atoms with Gasteiger partial charge in [0.05, 0.1) is 12.7 Å². The number of methoxy groups -OCH3 is 1. The summed E-state index contributed by atoms with van der Waals surface area (Å²) >= 11 is 0. The number of benzene rings is 4. The van der Waals surface area contributed by atoms with Gasteiger partial charge in [0.25, 0.3) is 0 Å². The number of halogens is 5. The first-order valence-corrected chi connectivity index (χ1v) is 18.5. The zero-order valence-corrected chi connectivity index (χ0v) is 31.0. The molecular formula is C42H39F5N4O5. The normalized spacial score (nSPS) is 16.8. The lowest BCUT2D eigenvalue weighted by atomic mass is 9.91. The van der Waals surface area contributed by atoms with Gasteiger partial charge in [-0.3, -0.25) is 14.6 Å². The van der Waals surface area contributed by atoms with Gasteiger partial charge in [-0.1, -0.05) is 24.3 Å². The van der Waals surface area contributed by atoms with E-state index in [9.17, 15) is 26.7 Å². The van der Waals surface area contributed by atoms with Gasteiger partial charge in [-0.25, -0.2) is 9.97 Å². The smallest absolute Gasteiger partial charge is 0.416 e. The fourth-order valence-electron chi connectivity index (χ4n) is 8.11. The molecule has 0 unspecified atom stereocenters. The highest BCUT2D eigenvalue weighted by Crippen LogP contribution is 2.41. The topological polar surface area (TPSA) is 94.1 Å². The van der Waals surface area contributed by atoms with Crippen LogP contribution in [0.4, 0.5) is 22.0 Å². The number of ether oxygens (including phenoxy) is 2. The Labute approximate surface area is 319 Å². The third-order valence-corrected chi connectivity index (χ3v) is 10.9. The van der Waals surface area contributed by atoms with Gasteiger partial charge in [-0.05, 0) is 117 Å². The Bertz CT molecular complexity index is 2430. The molecule has 14 heteroatoms. The summed E-state index contributed by atoms with van der Waals surface area (Å²) < 4.78 is 91.8. The minimum atomic E-state index is -4.55. The van der Waals surface area contributed by atoms with Gasteiger partial charge >= 0.3 is 18.8 Å². The second kappa shape index (κ2) is 15.0. The van der Waals surface area contributed by atoms with Crippen molar-refractivity contribution in [2.24, 2.45) is 0 Å². The maximum atomic E-state index is 14.2. The number of likely N-dealkylation sites (tertiary alicyclic amines) is 2. The first kappa shape index (κ1) is 37.6. The number of hydrogen-bond acceptors (Lipinski definition) is 9. The van der Waals surface area contributed by atoms with Gasteiger partial charge in [-0.15, -0.1) is 0 Å². The summed E-state index contributed by atoms with van der Waals surface area (Å²) in [4.78, 5) is 25.7. The quantitative estimate of drug-likeness (QED) is 0.0996. The molecule has 0 radical (unpaired) electrons. The Balaban J connectivity index is 1.13. The van der Waals surface area contributed by atoms with Crippen molar-refractivity contribution in [1.29, 1.82) is 0 Å². The molecule has 8 rings (SSSR count). The number of fused-ring (bicyclic) bond motifs is 2. The maximum Gasteiger partial charge on any atom is 0.416 e. The number of hydrogen-bond donors (Lipinski definition) is 0. The molecule has 4 aromatic carbocycles. The van der Waals surface area contributed by atoms with Crippen molar-refractivity contribution in [3.63, 3.8) is 0 Å². The second-order valence-electron chi connectivity index (χ2n) is 14.4. The van der Waals surface area contributed by atoms with Crippen LogP contribution in [0, 0.1) is 13.8 Å². The molecule has 0 N–H and O–H groups in total. The molecule has 292 valence electrons. The molecule has 4 heterocycles. The van der Waals surface area contributed by atoms with Crippen LogP contribution in [0.5, 0.6) is 5.75 Å². The molecule has 2 fully saturated rings. The van der Waals surface area contributed by atoms with Crippen molar-refractivity contribution in [2.75, 3.05) is 26.7 Å². The van der Waals surface area contributed by atoms with Crippen molar-refractivity contribution in [2.45, 2.75) is 71.4 Å². The molecule has 0 amide bonds. The first-order valence-electron chi connectivity index (χ1n) is 18.5. The van der Waals surface area contributed by atoms with Gasteiger partial charge < -0.3 is 18.3 Å². The van der Waals surface area contributed by atoms with Crippen LogP contribution in [0.3, 0.4) is 0 Å². The molecule has 0 bridgehead atoms. The van der Waals surface area contributed by atoms with E-state index in [-0.39, 0.29) is 53.3 Å². The van der Waals surface area contributed by atoms with Crippen LogP contribution in [0.25, 0.3) is 56.2 Å². The Kier molecular flexibility index (Phi) is 10.0. The van der Waals surface area contributed by atoms with Gasteiger partial charge in [0.1, 0.15) is 22.8 Å². The summed E-state index contributed by atoms with van der Waals surface area (Å²) in [5.74, 6) is 0.0318. The van der Waals surface area contributed by atoms with E-state index in [0.717, 1.165) is 60.7 Å². The van der Waals surface area contributed by atoms with Crippen LogP contribution >= 0.6 is 0 Å². The number of rotatable bonds is 10. The largest absolute Gasteiger partial charge is 0.468 e. The second-order valence-corrected chi connectivity index (χ2v) is 14.4. The van der Waals surface area contributed by atoms with Crippen LogP contribution in [0.2, 0.25) is 0 Å². The summed E-state index contributed by atoms with van der Waals surface area (Å²) in [6.07, 6.45) is -1.26. The van der Waals surface area contributed by atoms with Gasteiger partial charge in [-0.2, -0.15) is 22.0 Å². The SMILES string of the molecule is COC(=O)[C@@H]1CCCN1Cc1cc2nc(-c3cccc(-c4cccc(-c5nc6cc(CN7CCCC7)c(C(F)(F)F)cc6o5)c4C)c3C)oc2cc1OC(F)F. The third-order valence-electron chi connectivity index (χ3n) is 10.9. The Hall–Kier alpha value is -5.34. The molecule has 2 aliphatic rings. The highest BCUT2D eigenvalue weighted by molar-refractivity contribution is 5.85. The summed E-state index contributed by atoms with van der Waals surface area (Å²) in [5, 5.41) is 0. The molecule has 0 aliphatic carbocycles. The minimum Gasteiger partial charge on any atom is -0.468 e. The Morgan fingerprint density at radius 1 is 0.804 bits per heavy atom. The standard InChI is InChI=1S/C42H39F5N4O5/c1-23-27(9-6-11-29(23)38-48-32-17-25(21-50-14-4-5-15-50)31(42(45,46)47)19-36(32)54-38)28-10-7-12-30(24(28)2)39-49-33-18-26(35(56-41(43)44)20-37(33)55-39)22-51-16-8-13-34(51)40(52)53-3/h6-7,9-12,17-20,34,41H,4-5,8,13-16,21-22H2,1-3H3/t34-/m0/s1. The molecule has 0 spiro atoms. The minimum absolute atomic E-state index is 0.0606. The predicted octanol–water partition coefficient (Wildman–Crippen LogP) is 9.94. The van der Waals surface area contributed by atoms with Crippen LogP contribution in [0.1, 0.15) is 53.5 Å². The summed E-state index contributed by atoms with van der Waals surface area (Å²) in [5.41, 5.74) is 5.60. The number of oxazole rings is 2. The van der Waals surface area contributed by atoms with Crippen LogP contribution in [-0.2, 0) is 28.8 Å². The van der Waals surface area contributed by atoms with Gasteiger partial charge in [0.15, 0.2) is 11.2 Å². The molecule has 56 heavy (non-hydrogen) atoms. The number of alkyl halides is 5. The van der Waals surface area contributed by atoms with Crippen molar-refractivity contribution in [3.05, 3.63) is 88.5 Å². The van der Waals surface area contributed by atoms with Gasteiger partial charge in [0.2, 0.25) is 11.8 Å². The van der Waals surface area contributed by atoms with E-state index in [1.807, 2.05) is 60.0 Å². The molecule has 9 nitrogen and oxygen atoms in total. The van der Waals surface area contributed by atoms with Crippen LogP contribution in [0.15, 0.2) is 69.5 Å². The van der Waals surface area contributed by atoms with Crippen LogP contribution < -0.4 is 4.74 Å². The van der Waals surface area contributed by atoms with E-state index in [4.69, 9.17) is 23.3 Å². The average molecular weight is 775 g/mol. The van der Waals surface area contributed by atoms with E-state index in [1.165, 1.54) is 19.2 Å². The Morgan fingerprint density at radius 2 is 1.38 bits per heavy atom. The lowest BCUT2D eigenvalue weighted by Gasteiger charge is -2.23. The Morgan fingerprint density at radius 3 is 1.95 bits per heavy atom.